The van der Waals surface area contributed by atoms with Crippen LogP contribution in [0.25, 0.3) is 71.2 Å². The molecular formula is C62H63N3. The molecule has 326 valence electrons. The van der Waals surface area contributed by atoms with Crippen molar-refractivity contribution in [3.05, 3.63) is 180 Å². The fourth-order valence-corrected chi connectivity index (χ4v) is 9.77. The molecule has 2 aromatic heterocycles. The lowest BCUT2D eigenvalue weighted by molar-refractivity contribution is 0.569. The van der Waals surface area contributed by atoms with Gasteiger partial charge in [-0.3, -0.25) is 0 Å². The molecule has 0 bridgehead atoms. The summed E-state index contributed by atoms with van der Waals surface area (Å²) in [6, 6.07) is 59.7. The Kier molecular flexibility index (Phi) is 9.77. The third-order valence-corrected chi connectivity index (χ3v) is 13.7. The first-order valence-electron chi connectivity index (χ1n) is 23.4. The van der Waals surface area contributed by atoms with Crippen molar-refractivity contribution in [3.8, 4) is 16.8 Å². The molecule has 10 aromatic rings. The Bertz CT molecular complexity index is 3430. The molecule has 0 aliphatic heterocycles. The summed E-state index contributed by atoms with van der Waals surface area (Å²) in [6.45, 7) is 27.9. The fraction of sp³-hybridized carbons (Fsp3) is 0.258. The van der Waals surface area contributed by atoms with E-state index in [2.05, 4.69) is 255 Å². The summed E-state index contributed by atoms with van der Waals surface area (Å²) in [5.41, 5.74) is 16.9. The number of fused-ring (bicyclic) bond motifs is 7. The normalized spacial score (nSPS) is 12.9. The van der Waals surface area contributed by atoms with Crippen LogP contribution in [0.5, 0.6) is 0 Å². The first-order valence-corrected chi connectivity index (χ1v) is 23.4. The minimum atomic E-state index is -0.0707. The molecule has 0 saturated heterocycles. The molecule has 3 nitrogen and oxygen atoms in total. The molecule has 1 N–H and O–H groups in total. The Labute approximate surface area is 385 Å². The molecule has 8 aromatic carbocycles. The van der Waals surface area contributed by atoms with E-state index in [0.29, 0.717) is 0 Å². The quantitative estimate of drug-likeness (QED) is 0.183. The van der Waals surface area contributed by atoms with Crippen LogP contribution in [0.4, 0.5) is 17.1 Å². The van der Waals surface area contributed by atoms with Gasteiger partial charge in [0, 0.05) is 55.4 Å². The van der Waals surface area contributed by atoms with Crippen LogP contribution >= 0.6 is 0 Å². The third-order valence-electron chi connectivity index (χ3n) is 13.7. The number of hydrogen-bond acceptors (Lipinski definition) is 1. The number of aromatic amines is 1. The standard InChI is InChI=1S/C62H63N3/c1-59(2,3)40-26-28-55-51(34-40)54-36-43(62(10,11)12)35-53(58(54)63-55)50-38-46(30-39-20-16-17-23-48(39)50)64(47-32-41(60(4,5)6)31-42(33-47)61(7,8)9)45-27-29-57-52(37-45)49-24-18-19-25-56(49)65(57)44-21-14-13-15-22-44/h13-38,63H,1-12H3. The van der Waals surface area contributed by atoms with Crippen LogP contribution in [-0.2, 0) is 21.7 Å². The van der Waals surface area contributed by atoms with Gasteiger partial charge < -0.3 is 14.5 Å². The minimum Gasteiger partial charge on any atom is -0.354 e. The summed E-state index contributed by atoms with van der Waals surface area (Å²) >= 11 is 0. The molecule has 0 spiro atoms. The van der Waals surface area contributed by atoms with E-state index in [1.807, 2.05) is 0 Å². The zero-order valence-corrected chi connectivity index (χ0v) is 40.4. The number of hydrogen-bond donors (Lipinski definition) is 1. The molecule has 0 amide bonds. The van der Waals surface area contributed by atoms with Crippen LogP contribution in [0.1, 0.15) is 105 Å². The predicted molar refractivity (Wildman–Crippen MR) is 283 cm³/mol. The zero-order valence-electron chi connectivity index (χ0n) is 40.4. The van der Waals surface area contributed by atoms with Gasteiger partial charge in [-0.15, -0.1) is 0 Å². The molecule has 0 saturated carbocycles. The SMILES string of the molecule is CC(C)(C)c1cc(N(c2cc(-c3cc(C(C)(C)C)cc4c3[nH]c3ccc(C(C)(C)C)cc34)c3ccccc3c2)c2ccc3c(c2)c2ccccc2n3-c2ccccc2)cc(C(C)(C)C)c1. The fourth-order valence-electron chi connectivity index (χ4n) is 9.77. The van der Waals surface area contributed by atoms with Gasteiger partial charge in [-0.05, 0) is 145 Å². The van der Waals surface area contributed by atoms with E-state index in [1.54, 1.807) is 0 Å². The Balaban J connectivity index is 1.30. The van der Waals surface area contributed by atoms with Crippen LogP contribution in [0.15, 0.2) is 158 Å². The highest BCUT2D eigenvalue weighted by atomic mass is 15.1. The lowest BCUT2D eigenvalue weighted by atomic mass is 9.80. The predicted octanol–water partition coefficient (Wildman–Crippen LogP) is 17.9. The third kappa shape index (κ3) is 7.49. The molecule has 10 rings (SSSR count). The lowest BCUT2D eigenvalue weighted by Gasteiger charge is -2.32. The number of rotatable bonds is 5. The van der Waals surface area contributed by atoms with Crippen LogP contribution < -0.4 is 4.90 Å². The molecule has 65 heavy (non-hydrogen) atoms. The Morgan fingerprint density at radius 2 is 0.938 bits per heavy atom. The molecule has 0 atom stereocenters. The number of H-pyrrole nitrogens is 1. The van der Waals surface area contributed by atoms with Gasteiger partial charge in [0.05, 0.1) is 16.6 Å². The number of aromatic nitrogens is 2. The van der Waals surface area contributed by atoms with E-state index in [4.69, 9.17) is 0 Å². The van der Waals surface area contributed by atoms with Crippen LogP contribution in [0.3, 0.4) is 0 Å². The number of anilines is 3. The summed E-state index contributed by atoms with van der Waals surface area (Å²) in [5.74, 6) is 0. The van der Waals surface area contributed by atoms with E-state index in [0.717, 1.165) is 22.7 Å². The molecule has 0 unspecified atom stereocenters. The van der Waals surface area contributed by atoms with Crippen molar-refractivity contribution in [2.75, 3.05) is 4.90 Å². The first kappa shape index (κ1) is 42.4. The summed E-state index contributed by atoms with van der Waals surface area (Å²) in [7, 11) is 0. The van der Waals surface area contributed by atoms with E-state index in [1.165, 1.54) is 87.8 Å². The molecule has 0 fully saturated rings. The monoisotopic (exact) mass is 850 g/mol. The van der Waals surface area contributed by atoms with Crippen LogP contribution in [0.2, 0.25) is 0 Å². The Morgan fingerprint density at radius 1 is 0.369 bits per heavy atom. The highest BCUT2D eigenvalue weighted by molar-refractivity contribution is 6.16. The van der Waals surface area contributed by atoms with Crippen molar-refractivity contribution in [1.82, 2.24) is 9.55 Å². The van der Waals surface area contributed by atoms with Crippen molar-refractivity contribution >= 4 is 71.4 Å². The van der Waals surface area contributed by atoms with Gasteiger partial charge in [-0.1, -0.05) is 156 Å². The summed E-state index contributed by atoms with van der Waals surface area (Å²) in [5, 5.41) is 7.45. The highest BCUT2D eigenvalue weighted by Gasteiger charge is 2.27. The average Bonchev–Trinajstić information content (AvgIpc) is 3.80. The lowest BCUT2D eigenvalue weighted by Crippen LogP contribution is -2.19. The largest absolute Gasteiger partial charge is 0.354 e. The highest BCUT2D eigenvalue weighted by Crippen LogP contribution is 2.47. The number of nitrogens with zero attached hydrogens (tertiary/aromatic N) is 2. The maximum absolute atomic E-state index is 3.96. The number of para-hydroxylation sites is 2. The smallest absolute Gasteiger partial charge is 0.0544 e. The van der Waals surface area contributed by atoms with Gasteiger partial charge in [0.1, 0.15) is 0 Å². The summed E-state index contributed by atoms with van der Waals surface area (Å²) in [6.07, 6.45) is 0. The van der Waals surface area contributed by atoms with Crippen molar-refractivity contribution in [1.29, 1.82) is 0 Å². The van der Waals surface area contributed by atoms with Crippen molar-refractivity contribution in [2.24, 2.45) is 0 Å². The molecule has 0 aliphatic rings. The van der Waals surface area contributed by atoms with Gasteiger partial charge in [0.2, 0.25) is 0 Å². The van der Waals surface area contributed by atoms with E-state index in [-0.39, 0.29) is 21.7 Å². The minimum absolute atomic E-state index is 0.0346. The molecule has 0 aliphatic carbocycles. The second-order valence-electron chi connectivity index (χ2n) is 22.5. The van der Waals surface area contributed by atoms with Crippen LogP contribution in [0, 0.1) is 0 Å². The summed E-state index contributed by atoms with van der Waals surface area (Å²) < 4.78 is 2.41. The topological polar surface area (TPSA) is 24.0 Å². The second-order valence-corrected chi connectivity index (χ2v) is 22.5. The van der Waals surface area contributed by atoms with Crippen molar-refractivity contribution in [2.45, 2.75) is 105 Å². The van der Waals surface area contributed by atoms with E-state index >= 15 is 0 Å². The summed E-state index contributed by atoms with van der Waals surface area (Å²) in [4.78, 5) is 6.49. The average molecular weight is 850 g/mol. The van der Waals surface area contributed by atoms with Crippen molar-refractivity contribution < 1.29 is 0 Å². The number of benzene rings is 8. The second kappa shape index (κ2) is 15.0. The van der Waals surface area contributed by atoms with Gasteiger partial charge in [-0.2, -0.15) is 0 Å². The Hall–Kier alpha value is -6.58. The van der Waals surface area contributed by atoms with Crippen LogP contribution in [-0.4, -0.2) is 9.55 Å². The van der Waals surface area contributed by atoms with E-state index < -0.39 is 0 Å². The molecule has 0 radical (unpaired) electrons. The van der Waals surface area contributed by atoms with Gasteiger partial charge in [0.25, 0.3) is 0 Å². The zero-order chi connectivity index (χ0) is 45.8. The first-order chi connectivity index (χ1) is 30.7. The molecule has 3 heteroatoms. The molecule has 2 heterocycles. The van der Waals surface area contributed by atoms with Gasteiger partial charge in [-0.25, -0.2) is 0 Å². The van der Waals surface area contributed by atoms with Crippen molar-refractivity contribution in [3.63, 3.8) is 0 Å². The maximum Gasteiger partial charge on any atom is 0.0544 e. The van der Waals surface area contributed by atoms with Gasteiger partial charge >= 0.3 is 0 Å². The maximum atomic E-state index is 3.96. The van der Waals surface area contributed by atoms with E-state index in [9.17, 15) is 0 Å². The number of nitrogens with one attached hydrogen (secondary N) is 1. The molecular weight excluding hydrogens is 787 g/mol. The van der Waals surface area contributed by atoms with Gasteiger partial charge in [0.15, 0.2) is 0 Å². The Morgan fingerprint density at radius 3 is 1.62 bits per heavy atom.